The van der Waals surface area contributed by atoms with Crippen LogP contribution in [-0.4, -0.2) is 25.0 Å². The maximum Gasteiger partial charge on any atom is 0.282 e. The topological polar surface area (TPSA) is 49.9 Å². The summed E-state index contributed by atoms with van der Waals surface area (Å²) in [4.78, 5) is 31.2. The van der Waals surface area contributed by atoms with Gasteiger partial charge in [-0.25, -0.2) is 4.90 Å². The second-order valence-electron chi connectivity index (χ2n) is 7.93. The molecule has 1 aliphatic heterocycles. The van der Waals surface area contributed by atoms with Crippen LogP contribution >= 0.6 is 11.3 Å². The van der Waals surface area contributed by atoms with Gasteiger partial charge in [-0.15, -0.1) is 11.3 Å². The van der Waals surface area contributed by atoms with Gasteiger partial charge in [-0.1, -0.05) is 38.1 Å². The Morgan fingerprint density at radius 1 is 0.938 bits per heavy atom. The first-order valence-corrected chi connectivity index (χ1v) is 11.6. The van der Waals surface area contributed by atoms with E-state index in [1.807, 2.05) is 59.7 Å². The fraction of sp³-hybridized carbons (Fsp3) is 0.231. The van der Waals surface area contributed by atoms with E-state index in [9.17, 15) is 9.59 Å². The van der Waals surface area contributed by atoms with Gasteiger partial charge < -0.3 is 9.64 Å². The average molecular weight is 447 g/mol. The molecular formula is C26H26N2O3S. The third-order valence-electron chi connectivity index (χ3n) is 5.16. The number of ether oxygens (including phenoxy) is 1. The van der Waals surface area contributed by atoms with E-state index in [-0.39, 0.29) is 11.8 Å². The average Bonchev–Trinajstić information content (AvgIpc) is 3.41. The number of hydrogen-bond donors (Lipinski definition) is 0. The number of amides is 2. The number of anilines is 2. The predicted octanol–water partition coefficient (Wildman–Crippen LogP) is 5.59. The predicted molar refractivity (Wildman–Crippen MR) is 130 cm³/mol. The van der Waals surface area contributed by atoms with Gasteiger partial charge in [-0.05, 0) is 60.7 Å². The van der Waals surface area contributed by atoms with E-state index in [0.29, 0.717) is 41.8 Å². The van der Waals surface area contributed by atoms with Crippen molar-refractivity contribution in [3.63, 3.8) is 0 Å². The minimum atomic E-state index is -0.319. The first-order chi connectivity index (χ1) is 15.5. The van der Waals surface area contributed by atoms with Crippen molar-refractivity contribution in [1.29, 1.82) is 0 Å². The highest BCUT2D eigenvalue weighted by Gasteiger charge is 2.43. The fourth-order valence-corrected chi connectivity index (χ4v) is 4.44. The first-order valence-electron chi connectivity index (χ1n) is 10.7. The maximum absolute atomic E-state index is 13.7. The highest BCUT2D eigenvalue weighted by atomic mass is 32.1. The van der Waals surface area contributed by atoms with Gasteiger partial charge in [0.25, 0.3) is 11.8 Å². The lowest BCUT2D eigenvalue weighted by molar-refractivity contribution is -0.120. The summed E-state index contributed by atoms with van der Waals surface area (Å²) in [6.45, 7) is 7.32. The van der Waals surface area contributed by atoms with Crippen LogP contribution in [0.4, 0.5) is 11.4 Å². The van der Waals surface area contributed by atoms with Crippen molar-refractivity contribution < 1.29 is 14.3 Å². The molecule has 0 fully saturated rings. The molecule has 6 heteroatoms. The van der Waals surface area contributed by atoms with Crippen LogP contribution in [0.1, 0.15) is 25.6 Å². The molecule has 0 N–H and O–H groups in total. The number of thiophene rings is 1. The van der Waals surface area contributed by atoms with Crippen molar-refractivity contribution in [1.82, 2.24) is 0 Å². The number of benzene rings is 2. The summed E-state index contributed by atoms with van der Waals surface area (Å²) in [6, 6.07) is 20.6. The molecule has 0 unspecified atom stereocenters. The van der Waals surface area contributed by atoms with E-state index in [0.717, 1.165) is 10.6 Å². The zero-order valence-electron chi connectivity index (χ0n) is 18.4. The smallest absolute Gasteiger partial charge is 0.282 e. The van der Waals surface area contributed by atoms with Crippen LogP contribution in [0.3, 0.4) is 0 Å². The van der Waals surface area contributed by atoms with E-state index in [1.54, 1.807) is 24.3 Å². The van der Waals surface area contributed by atoms with Gasteiger partial charge in [-0.2, -0.15) is 0 Å². The van der Waals surface area contributed by atoms with Crippen LogP contribution in [0.5, 0.6) is 5.75 Å². The zero-order valence-corrected chi connectivity index (χ0v) is 19.3. The van der Waals surface area contributed by atoms with Crippen LogP contribution in [0, 0.1) is 5.92 Å². The highest BCUT2D eigenvalue weighted by molar-refractivity contribution is 7.11. The lowest BCUT2D eigenvalue weighted by atomic mass is 10.1. The molecule has 0 atom stereocenters. The number of likely N-dealkylation sites (N-methyl/N-ethyl adjacent to an activating group) is 1. The number of carbonyl (C=O) groups excluding carboxylic acids is 2. The third kappa shape index (κ3) is 4.18. The molecule has 0 bridgehead atoms. The number of carbonyl (C=O) groups is 2. The van der Waals surface area contributed by atoms with Crippen LogP contribution in [-0.2, 0) is 9.59 Å². The molecule has 4 rings (SSSR count). The third-order valence-corrected chi connectivity index (χ3v) is 6.05. The first kappa shape index (κ1) is 21.8. The summed E-state index contributed by atoms with van der Waals surface area (Å²) in [5.74, 6) is 0.500. The molecule has 32 heavy (non-hydrogen) atoms. The fourth-order valence-electron chi connectivity index (χ4n) is 3.68. The molecule has 0 aliphatic carbocycles. The number of para-hydroxylation sites is 1. The molecule has 0 saturated heterocycles. The lowest BCUT2D eigenvalue weighted by Gasteiger charge is -2.24. The van der Waals surface area contributed by atoms with Crippen LogP contribution in [0.2, 0.25) is 0 Å². The van der Waals surface area contributed by atoms with Crippen molar-refractivity contribution in [2.45, 2.75) is 20.8 Å². The minimum absolute atomic E-state index is 0.308. The summed E-state index contributed by atoms with van der Waals surface area (Å²) < 4.78 is 5.75. The van der Waals surface area contributed by atoms with E-state index in [1.165, 1.54) is 16.2 Å². The Morgan fingerprint density at radius 3 is 2.25 bits per heavy atom. The van der Waals surface area contributed by atoms with E-state index in [2.05, 4.69) is 13.8 Å². The van der Waals surface area contributed by atoms with Gasteiger partial charge in [0.2, 0.25) is 0 Å². The quantitative estimate of drug-likeness (QED) is 0.423. The van der Waals surface area contributed by atoms with Crippen LogP contribution in [0.25, 0.3) is 5.57 Å². The molecule has 5 nitrogen and oxygen atoms in total. The number of hydrogen-bond acceptors (Lipinski definition) is 5. The van der Waals surface area contributed by atoms with E-state index < -0.39 is 0 Å². The summed E-state index contributed by atoms with van der Waals surface area (Å²) in [5, 5.41) is 1.92. The number of nitrogens with zero attached hydrogens (tertiary/aromatic N) is 2. The Balaban J connectivity index is 1.73. The van der Waals surface area contributed by atoms with Crippen molar-refractivity contribution >= 4 is 40.1 Å². The van der Waals surface area contributed by atoms with Gasteiger partial charge in [0.1, 0.15) is 11.4 Å². The Morgan fingerprint density at radius 2 is 1.66 bits per heavy atom. The second kappa shape index (κ2) is 9.40. The normalized spacial score (nSPS) is 13.9. The SMILES string of the molecule is CCN(C1=C(c2cccs2)C(=O)N(c2ccc(OCC(C)C)cc2)C1=O)c1ccccc1. The molecule has 0 spiro atoms. The summed E-state index contributed by atoms with van der Waals surface area (Å²) in [5.41, 5.74) is 2.26. The van der Waals surface area contributed by atoms with Crippen molar-refractivity contribution in [2.75, 3.05) is 23.0 Å². The highest BCUT2D eigenvalue weighted by Crippen LogP contribution is 2.38. The van der Waals surface area contributed by atoms with Gasteiger partial charge >= 0.3 is 0 Å². The van der Waals surface area contributed by atoms with Gasteiger partial charge in [-0.3, -0.25) is 9.59 Å². The van der Waals surface area contributed by atoms with Gasteiger partial charge in [0, 0.05) is 17.1 Å². The molecule has 0 saturated carbocycles. The molecule has 1 aromatic heterocycles. The molecule has 2 aromatic carbocycles. The van der Waals surface area contributed by atoms with E-state index >= 15 is 0 Å². The lowest BCUT2D eigenvalue weighted by Crippen LogP contribution is -2.35. The summed E-state index contributed by atoms with van der Waals surface area (Å²) >= 11 is 1.46. The van der Waals surface area contributed by atoms with Crippen molar-refractivity contribution in [3.05, 3.63) is 82.7 Å². The molecular weight excluding hydrogens is 420 g/mol. The summed E-state index contributed by atoms with van der Waals surface area (Å²) in [7, 11) is 0. The number of imide groups is 1. The zero-order chi connectivity index (χ0) is 22.7. The molecule has 0 radical (unpaired) electrons. The van der Waals surface area contributed by atoms with Crippen LogP contribution < -0.4 is 14.5 Å². The van der Waals surface area contributed by atoms with E-state index in [4.69, 9.17) is 4.74 Å². The molecule has 1 aliphatic rings. The molecule has 2 amide bonds. The Labute approximate surface area is 192 Å². The maximum atomic E-state index is 13.7. The Kier molecular flexibility index (Phi) is 6.42. The Bertz CT molecular complexity index is 1120. The standard InChI is InChI=1S/C26H26N2O3S/c1-4-27(19-9-6-5-7-10-19)24-23(22-11-8-16-32-22)25(29)28(26(24)30)20-12-14-21(15-13-20)31-17-18(2)3/h5-16,18H,4,17H2,1-3H3. The van der Waals surface area contributed by atoms with Crippen molar-refractivity contribution in [2.24, 2.45) is 5.92 Å². The molecule has 3 aromatic rings. The van der Waals surface area contributed by atoms with Crippen molar-refractivity contribution in [3.8, 4) is 5.75 Å². The largest absolute Gasteiger partial charge is 0.493 e. The van der Waals surface area contributed by atoms with Crippen LogP contribution in [0.15, 0.2) is 77.8 Å². The number of rotatable bonds is 8. The summed E-state index contributed by atoms with van der Waals surface area (Å²) in [6.07, 6.45) is 0. The minimum Gasteiger partial charge on any atom is -0.493 e. The second-order valence-corrected chi connectivity index (χ2v) is 8.87. The van der Waals surface area contributed by atoms with Gasteiger partial charge in [0.05, 0.1) is 17.9 Å². The Hall–Kier alpha value is -3.38. The monoisotopic (exact) mass is 446 g/mol. The van der Waals surface area contributed by atoms with Gasteiger partial charge in [0.15, 0.2) is 0 Å². The molecule has 2 heterocycles. The molecule has 164 valence electrons.